The number of rotatable bonds is 5. The fourth-order valence-corrected chi connectivity index (χ4v) is 4.29. The molecule has 0 bridgehead atoms. The van der Waals surface area contributed by atoms with Gasteiger partial charge in [0.05, 0.1) is 18.6 Å². The molecular weight excluding hydrogens is 382 g/mol. The van der Waals surface area contributed by atoms with E-state index in [1.165, 1.54) is 17.3 Å². The topological polar surface area (TPSA) is 55.3 Å². The Morgan fingerprint density at radius 1 is 1.14 bits per heavy atom. The summed E-state index contributed by atoms with van der Waals surface area (Å²) in [7, 11) is 1.65. The molecule has 2 aromatic carbocycles. The van der Waals surface area contributed by atoms with Crippen LogP contribution in [0.4, 0.5) is 5.69 Å². The average molecular weight is 406 g/mol. The zero-order chi connectivity index (χ0) is 20.2. The predicted octanol–water partition coefficient (Wildman–Crippen LogP) is 4.53. The lowest BCUT2D eigenvalue weighted by Gasteiger charge is -2.29. The van der Waals surface area contributed by atoms with Crippen LogP contribution in [-0.4, -0.2) is 35.3 Å². The first-order chi connectivity index (χ1) is 14.1. The summed E-state index contributed by atoms with van der Waals surface area (Å²) in [5.74, 6) is 1.22. The number of ether oxygens (including phenoxy) is 1. The van der Waals surface area contributed by atoms with Crippen molar-refractivity contribution in [2.75, 3.05) is 24.3 Å². The molecule has 1 amide bonds. The van der Waals surface area contributed by atoms with Crippen molar-refractivity contribution < 1.29 is 9.53 Å². The molecule has 0 atom stereocenters. The number of benzene rings is 2. The van der Waals surface area contributed by atoms with Crippen molar-refractivity contribution in [3.63, 3.8) is 0 Å². The summed E-state index contributed by atoms with van der Waals surface area (Å²) in [6.45, 7) is 2.71. The largest absolute Gasteiger partial charge is 0.497 e. The smallest absolute Gasteiger partial charge is 0.237 e. The van der Waals surface area contributed by atoms with Crippen LogP contribution in [-0.2, 0) is 11.2 Å². The minimum Gasteiger partial charge on any atom is -0.497 e. The van der Waals surface area contributed by atoms with Crippen LogP contribution in [0.1, 0.15) is 17.7 Å². The third kappa shape index (κ3) is 4.43. The van der Waals surface area contributed by atoms with Crippen molar-refractivity contribution in [3.8, 4) is 17.0 Å². The van der Waals surface area contributed by atoms with Gasteiger partial charge in [-0.3, -0.25) is 4.79 Å². The summed E-state index contributed by atoms with van der Waals surface area (Å²) in [5, 5.41) is 0.620. The number of thioether (sulfide) groups is 1. The number of hydrogen-bond donors (Lipinski definition) is 0. The minimum absolute atomic E-state index is 0.0956. The molecule has 0 fully saturated rings. The van der Waals surface area contributed by atoms with Crippen molar-refractivity contribution in [1.29, 1.82) is 0 Å². The first kappa shape index (κ1) is 19.5. The molecule has 5 nitrogen and oxygen atoms in total. The molecular formula is C23H23N3O2S. The van der Waals surface area contributed by atoms with Crippen LogP contribution in [0.2, 0.25) is 0 Å². The molecule has 4 rings (SSSR count). The van der Waals surface area contributed by atoms with Gasteiger partial charge in [0.2, 0.25) is 5.91 Å². The number of methoxy groups -OCH3 is 1. The van der Waals surface area contributed by atoms with E-state index in [4.69, 9.17) is 4.74 Å². The fourth-order valence-electron chi connectivity index (χ4n) is 3.51. The number of amides is 1. The van der Waals surface area contributed by atoms with E-state index in [0.29, 0.717) is 10.9 Å². The monoisotopic (exact) mass is 405 g/mol. The van der Waals surface area contributed by atoms with Crippen LogP contribution < -0.4 is 9.64 Å². The molecule has 2 heterocycles. The Morgan fingerprint density at radius 2 is 1.93 bits per heavy atom. The summed E-state index contributed by atoms with van der Waals surface area (Å²) in [4.78, 5) is 23.9. The van der Waals surface area contributed by atoms with Crippen LogP contribution in [0.3, 0.4) is 0 Å². The number of carbonyl (C=O) groups excluding carboxylic acids is 1. The molecule has 1 aliphatic heterocycles. The molecule has 0 aliphatic carbocycles. The van der Waals surface area contributed by atoms with Gasteiger partial charge in [-0.05, 0) is 61.7 Å². The minimum atomic E-state index is 0.0956. The van der Waals surface area contributed by atoms with Crippen LogP contribution in [0.15, 0.2) is 59.8 Å². The highest BCUT2D eigenvalue weighted by atomic mass is 32.2. The first-order valence-electron chi connectivity index (χ1n) is 9.65. The standard InChI is InChI=1S/C23H23N3O2S/c1-16-14-20(17-9-11-19(28-2)12-10-17)25-23(24-16)29-15-22(27)26-13-5-7-18-6-3-4-8-21(18)26/h3-4,6,8-12,14H,5,7,13,15H2,1-2H3. The first-order valence-corrected chi connectivity index (χ1v) is 10.6. The fraction of sp³-hybridized carbons (Fsp3) is 0.261. The zero-order valence-electron chi connectivity index (χ0n) is 16.6. The molecule has 0 N–H and O–H groups in total. The van der Waals surface area contributed by atoms with E-state index >= 15 is 0 Å². The van der Waals surface area contributed by atoms with Gasteiger partial charge in [-0.25, -0.2) is 9.97 Å². The van der Waals surface area contributed by atoms with Crippen molar-refractivity contribution in [1.82, 2.24) is 9.97 Å². The third-order valence-corrected chi connectivity index (χ3v) is 5.79. The van der Waals surface area contributed by atoms with Crippen LogP contribution >= 0.6 is 11.8 Å². The molecule has 6 heteroatoms. The normalized spacial score (nSPS) is 13.1. The van der Waals surface area contributed by atoms with E-state index in [1.807, 2.05) is 60.4 Å². The van der Waals surface area contributed by atoms with Crippen molar-refractivity contribution >= 4 is 23.4 Å². The highest BCUT2D eigenvalue weighted by molar-refractivity contribution is 7.99. The van der Waals surface area contributed by atoms with Crippen LogP contribution in [0.5, 0.6) is 5.75 Å². The van der Waals surface area contributed by atoms with E-state index in [9.17, 15) is 4.79 Å². The maximum absolute atomic E-state index is 12.9. The van der Waals surface area contributed by atoms with Gasteiger partial charge >= 0.3 is 0 Å². The Morgan fingerprint density at radius 3 is 2.72 bits per heavy atom. The molecule has 0 spiro atoms. The van der Waals surface area contributed by atoms with E-state index in [1.54, 1.807) is 7.11 Å². The molecule has 1 aromatic heterocycles. The average Bonchev–Trinajstić information content (AvgIpc) is 2.77. The number of aryl methyl sites for hydroxylation is 2. The van der Waals surface area contributed by atoms with Crippen molar-refractivity contribution in [3.05, 3.63) is 65.9 Å². The Kier molecular flexibility index (Phi) is 5.81. The van der Waals surface area contributed by atoms with E-state index < -0.39 is 0 Å². The Balaban J connectivity index is 1.49. The van der Waals surface area contributed by atoms with E-state index in [2.05, 4.69) is 16.0 Å². The number of carbonyl (C=O) groups is 1. The second kappa shape index (κ2) is 8.66. The van der Waals surface area contributed by atoms with Gasteiger partial charge in [0.1, 0.15) is 5.75 Å². The zero-order valence-corrected chi connectivity index (χ0v) is 17.4. The number of hydrogen-bond acceptors (Lipinski definition) is 5. The van der Waals surface area contributed by atoms with Gasteiger partial charge in [0, 0.05) is 23.5 Å². The van der Waals surface area contributed by atoms with Gasteiger partial charge in [-0.15, -0.1) is 0 Å². The molecule has 0 unspecified atom stereocenters. The molecule has 148 valence electrons. The molecule has 1 aliphatic rings. The number of fused-ring (bicyclic) bond motifs is 1. The summed E-state index contributed by atoms with van der Waals surface area (Å²) in [5.41, 5.74) is 5.00. The Bertz CT molecular complexity index is 1020. The Hall–Kier alpha value is -2.86. The van der Waals surface area contributed by atoms with E-state index in [0.717, 1.165) is 47.8 Å². The lowest BCUT2D eigenvalue weighted by molar-refractivity contribution is -0.116. The Labute approximate surface area is 175 Å². The van der Waals surface area contributed by atoms with Crippen LogP contribution in [0.25, 0.3) is 11.3 Å². The lowest BCUT2D eigenvalue weighted by atomic mass is 10.0. The van der Waals surface area contributed by atoms with Gasteiger partial charge in [-0.2, -0.15) is 0 Å². The molecule has 29 heavy (non-hydrogen) atoms. The quantitative estimate of drug-likeness (QED) is 0.461. The van der Waals surface area contributed by atoms with Crippen molar-refractivity contribution in [2.24, 2.45) is 0 Å². The van der Waals surface area contributed by atoms with Gasteiger partial charge in [-0.1, -0.05) is 30.0 Å². The molecule has 0 radical (unpaired) electrons. The molecule has 3 aromatic rings. The number of aromatic nitrogens is 2. The maximum atomic E-state index is 12.9. The van der Waals surface area contributed by atoms with Crippen LogP contribution in [0, 0.1) is 6.92 Å². The van der Waals surface area contributed by atoms with Gasteiger partial charge in [0.25, 0.3) is 0 Å². The summed E-state index contributed by atoms with van der Waals surface area (Å²) in [6, 6.07) is 17.9. The number of para-hydroxylation sites is 1. The number of anilines is 1. The van der Waals surface area contributed by atoms with Gasteiger partial charge < -0.3 is 9.64 Å². The lowest BCUT2D eigenvalue weighted by Crippen LogP contribution is -2.36. The number of nitrogens with zero attached hydrogens (tertiary/aromatic N) is 3. The highest BCUT2D eigenvalue weighted by Gasteiger charge is 2.22. The molecule has 0 saturated heterocycles. The van der Waals surface area contributed by atoms with Crippen molar-refractivity contribution in [2.45, 2.75) is 24.9 Å². The van der Waals surface area contributed by atoms with E-state index in [-0.39, 0.29) is 5.91 Å². The summed E-state index contributed by atoms with van der Waals surface area (Å²) >= 11 is 1.39. The second-order valence-electron chi connectivity index (χ2n) is 6.97. The maximum Gasteiger partial charge on any atom is 0.237 e. The predicted molar refractivity (Wildman–Crippen MR) is 117 cm³/mol. The molecule has 0 saturated carbocycles. The third-order valence-electron chi connectivity index (χ3n) is 4.96. The summed E-state index contributed by atoms with van der Waals surface area (Å²) in [6.07, 6.45) is 2.02. The summed E-state index contributed by atoms with van der Waals surface area (Å²) < 4.78 is 5.22. The SMILES string of the molecule is COc1ccc(-c2cc(C)nc(SCC(=O)N3CCCc4ccccc43)n2)cc1. The van der Waals surface area contributed by atoms with Gasteiger partial charge in [0.15, 0.2) is 5.16 Å². The second-order valence-corrected chi connectivity index (χ2v) is 7.91. The highest BCUT2D eigenvalue weighted by Crippen LogP contribution is 2.28.